The van der Waals surface area contributed by atoms with Gasteiger partial charge in [0.05, 0.1) is 7.11 Å². The van der Waals surface area contributed by atoms with Crippen molar-refractivity contribution in [2.45, 2.75) is 13.0 Å². The number of nitrogens with two attached hydrogens (primary N) is 1. The van der Waals surface area contributed by atoms with Crippen molar-refractivity contribution in [1.29, 1.82) is 0 Å². The zero-order valence-corrected chi connectivity index (χ0v) is 10.1. The standard InChI is InChI=1S/C13H14N3O2/c1-18-11-4-2-3-10(9-11)5-7-16-8-6-12(15-16)13(14)17/h2-4,8-9H,5,7H2,1H3,(H2,14,17). The zero-order chi connectivity index (χ0) is 13.0. The van der Waals surface area contributed by atoms with E-state index in [2.05, 4.69) is 11.2 Å². The smallest absolute Gasteiger partial charge is 0.269 e. The van der Waals surface area contributed by atoms with Crippen LogP contribution in [0.2, 0.25) is 0 Å². The summed E-state index contributed by atoms with van der Waals surface area (Å²) in [6.07, 6.45) is 2.42. The van der Waals surface area contributed by atoms with Gasteiger partial charge in [-0.2, -0.15) is 5.10 Å². The zero-order valence-electron chi connectivity index (χ0n) is 10.1. The fraction of sp³-hybridized carbons (Fsp3) is 0.231. The summed E-state index contributed by atoms with van der Waals surface area (Å²) in [5, 5.41) is 4.02. The highest BCUT2D eigenvalue weighted by Gasteiger charge is 2.05. The van der Waals surface area contributed by atoms with Gasteiger partial charge >= 0.3 is 0 Å². The molecule has 1 aromatic carbocycles. The fourth-order valence-electron chi connectivity index (χ4n) is 1.63. The Hall–Kier alpha value is -2.30. The Morgan fingerprint density at radius 1 is 1.56 bits per heavy atom. The largest absolute Gasteiger partial charge is 0.497 e. The van der Waals surface area contributed by atoms with Gasteiger partial charge in [-0.15, -0.1) is 0 Å². The molecule has 5 nitrogen and oxygen atoms in total. The predicted octanol–water partition coefficient (Wildman–Crippen LogP) is 1.03. The highest BCUT2D eigenvalue weighted by atomic mass is 16.5. The summed E-state index contributed by atoms with van der Waals surface area (Å²) in [6, 6.07) is 10.6. The van der Waals surface area contributed by atoms with Crippen LogP contribution in [0.3, 0.4) is 0 Å². The van der Waals surface area contributed by atoms with E-state index in [1.54, 1.807) is 18.0 Å². The van der Waals surface area contributed by atoms with Crippen LogP contribution in [0.4, 0.5) is 0 Å². The second-order valence-electron chi connectivity index (χ2n) is 3.85. The maximum absolute atomic E-state index is 10.9. The molecule has 0 saturated heterocycles. The first kappa shape index (κ1) is 12.2. The highest BCUT2D eigenvalue weighted by Crippen LogP contribution is 2.13. The van der Waals surface area contributed by atoms with Gasteiger partial charge in [-0.1, -0.05) is 12.1 Å². The number of aromatic nitrogens is 2. The van der Waals surface area contributed by atoms with Crippen molar-refractivity contribution in [1.82, 2.24) is 9.78 Å². The number of carbonyl (C=O) groups is 1. The van der Waals surface area contributed by atoms with Gasteiger partial charge in [0.25, 0.3) is 5.91 Å². The van der Waals surface area contributed by atoms with Crippen LogP contribution < -0.4 is 10.5 Å². The second kappa shape index (κ2) is 5.35. The van der Waals surface area contributed by atoms with Gasteiger partial charge in [0.15, 0.2) is 5.69 Å². The van der Waals surface area contributed by atoms with Gasteiger partial charge in [0.2, 0.25) is 0 Å². The third-order valence-corrected chi connectivity index (χ3v) is 2.58. The number of nitrogens with zero attached hydrogens (tertiary/aromatic N) is 2. The lowest BCUT2D eigenvalue weighted by Gasteiger charge is -2.04. The molecule has 2 aromatic rings. The number of benzene rings is 1. The van der Waals surface area contributed by atoms with E-state index >= 15 is 0 Å². The van der Waals surface area contributed by atoms with E-state index in [0.29, 0.717) is 6.54 Å². The first-order chi connectivity index (χ1) is 8.69. The topological polar surface area (TPSA) is 70.1 Å². The number of ether oxygens (including phenoxy) is 1. The molecule has 0 aliphatic carbocycles. The summed E-state index contributed by atoms with van der Waals surface area (Å²) in [6.45, 7) is 0.664. The molecular weight excluding hydrogens is 230 g/mol. The minimum atomic E-state index is -0.560. The Morgan fingerprint density at radius 2 is 2.39 bits per heavy atom. The van der Waals surface area contributed by atoms with Crippen LogP contribution in [0.1, 0.15) is 16.1 Å². The number of aryl methyl sites for hydroxylation is 2. The molecule has 0 saturated carbocycles. The molecule has 1 heterocycles. The summed E-state index contributed by atoms with van der Waals surface area (Å²) in [7, 11) is 1.64. The average molecular weight is 244 g/mol. The van der Waals surface area contributed by atoms with Crippen molar-refractivity contribution in [2.24, 2.45) is 5.73 Å². The predicted molar refractivity (Wildman–Crippen MR) is 66.3 cm³/mol. The molecule has 2 N–H and O–H groups in total. The van der Waals surface area contributed by atoms with E-state index in [1.165, 1.54) is 0 Å². The summed E-state index contributed by atoms with van der Waals surface area (Å²) in [5.41, 5.74) is 6.42. The Morgan fingerprint density at radius 3 is 3.06 bits per heavy atom. The molecule has 2 rings (SSSR count). The lowest BCUT2D eigenvalue weighted by molar-refractivity contribution is 0.0994. The third-order valence-electron chi connectivity index (χ3n) is 2.58. The van der Waals surface area contributed by atoms with Crippen LogP contribution >= 0.6 is 0 Å². The average Bonchev–Trinajstić information content (AvgIpc) is 2.85. The number of hydrogen-bond acceptors (Lipinski definition) is 3. The van der Waals surface area contributed by atoms with Gasteiger partial charge in [-0.3, -0.25) is 9.48 Å². The van der Waals surface area contributed by atoms with Crippen molar-refractivity contribution in [2.75, 3.05) is 7.11 Å². The molecular formula is C13H14N3O2. The summed E-state index contributed by atoms with van der Waals surface area (Å²) in [4.78, 5) is 10.9. The van der Waals surface area contributed by atoms with Gasteiger partial charge in [-0.05, 0) is 24.1 Å². The van der Waals surface area contributed by atoms with Crippen LogP contribution in [0, 0.1) is 6.07 Å². The number of amides is 1. The first-order valence-electron chi connectivity index (χ1n) is 5.57. The molecule has 0 bridgehead atoms. The number of hydrogen-bond donors (Lipinski definition) is 1. The molecule has 5 heteroatoms. The van der Waals surface area contributed by atoms with Gasteiger partial charge in [-0.25, -0.2) is 0 Å². The van der Waals surface area contributed by atoms with Crippen molar-refractivity contribution < 1.29 is 9.53 Å². The Kier molecular flexibility index (Phi) is 3.62. The van der Waals surface area contributed by atoms with Crippen molar-refractivity contribution in [3.8, 4) is 5.75 Å². The molecule has 0 unspecified atom stereocenters. The van der Waals surface area contributed by atoms with Gasteiger partial charge in [0.1, 0.15) is 5.75 Å². The van der Waals surface area contributed by atoms with E-state index in [-0.39, 0.29) is 5.69 Å². The molecule has 1 aromatic heterocycles. The molecule has 0 spiro atoms. The Balaban J connectivity index is 1.99. The number of primary amides is 1. The fourth-order valence-corrected chi connectivity index (χ4v) is 1.63. The number of methoxy groups -OCH3 is 1. The molecule has 1 radical (unpaired) electrons. The van der Waals surface area contributed by atoms with E-state index in [9.17, 15) is 4.79 Å². The van der Waals surface area contributed by atoms with Crippen LogP contribution in [0.15, 0.2) is 30.5 Å². The molecule has 0 atom stereocenters. The third kappa shape index (κ3) is 2.88. The number of carbonyl (C=O) groups excluding carboxylic acids is 1. The second-order valence-corrected chi connectivity index (χ2v) is 3.85. The van der Waals surface area contributed by atoms with Crippen LogP contribution in [0.25, 0.3) is 0 Å². The number of rotatable bonds is 5. The van der Waals surface area contributed by atoms with E-state index in [4.69, 9.17) is 10.5 Å². The summed E-state index contributed by atoms with van der Waals surface area (Å²) < 4.78 is 6.81. The van der Waals surface area contributed by atoms with Gasteiger partial charge in [0, 0.05) is 18.8 Å². The summed E-state index contributed by atoms with van der Waals surface area (Å²) in [5.74, 6) is 0.271. The Labute approximate surface area is 105 Å². The highest BCUT2D eigenvalue weighted by molar-refractivity contribution is 5.90. The minimum absolute atomic E-state index is 0.167. The van der Waals surface area contributed by atoms with Crippen molar-refractivity contribution >= 4 is 5.91 Å². The molecule has 0 fully saturated rings. The van der Waals surface area contributed by atoms with Crippen LogP contribution in [0.5, 0.6) is 5.75 Å². The minimum Gasteiger partial charge on any atom is -0.497 e. The Bertz CT molecular complexity index is 549. The van der Waals surface area contributed by atoms with E-state index < -0.39 is 5.91 Å². The lowest BCUT2D eigenvalue weighted by atomic mass is 10.1. The maximum Gasteiger partial charge on any atom is 0.269 e. The molecule has 1 amide bonds. The van der Waals surface area contributed by atoms with Crippen LogP contribution in [-0.2, 0) is 13.0 Å². The van der Waals surface area contributed by atoms with Crippen LogP contribution in [-0.4, -0.2) is 22.8 Å². The van der Waals surface area contributed by atoms with E-state index in [1.807, 2.05) is 24.3 Å². The molecule has 0 aliphatic rings. The van der Waals surface area contributed by atoms with Crippen molar-refractivity contribution in [3.63, 3.8) is 0 Å². The quantitative estimate of drug-likeness (QED) is 0.854. The van der Waals surface area contributed by atoms with Crippen molar-refractivity contribution in [3.05, 3.63) is 47.8 Å². The molecule has 18 heavy (non-hydrogen) atoms. The monoisotopic (exact) mass is 244 g/mol. The molecule has 0 aliphatic heterocycles. The summed E-state index contributed by atoms with van der Waals surface area (Å²) >= 11 is 0. The van der Waals surface area contributed by atoms with E-state index in [0.717, 1.165) is 17.7 Å². The van der Waals surface area contributed by atoms with Gasteiger partial charge < -0.3 is 10.5 Å². The molecule has 93 valence electrons. The maximum atomic E-state index is 10.9. The SMILES string of the molecule is COc1cccc(CCn2c[c]c(C(N)=O)n2)c1. The lowest BCUT2D eigenvalue weighted by Crippen LogP contribution is -2.13. The first-order valence-corrected chi connectivity index (χ1v) is 5.57. The normalized spacial score (nSPS) is 10.3.